The number of carbonyl (C=O) groups excluding carboxylic acids is 2. The SMILES string of the molecule is Cc1ccc(S(=O)(=O)N(CC(=O)N(Cc2ccccc2Cl)C(Cc2ccccc2)C(=O)NC2CCCCC2)c2ccc(C)cc2C)cc1. The molecule has 48 heavy (non-hydrogen) atoms. The van der Waals surface area contributed by atoms with Crippen molar-refractivity contribution in [3.8, 4) is 0 Å². The largest absolute Gasteiger partial charge is 0.352 e. The summed E-state index contributed by atoms with van der Waals surface area (Å²) in [6, 6.07) is 28.0. The molecule has 2 amide bonds. The average molecular weight is 686 g/mol. The Bertz CT molecular complexity index is 1820. The predicted octanol–water partition coefficient (Wildman–Crippen LogP) is 7.55. The second-order valence-electron chi connectivity index (χ2n) is 12.8. The number of hydrogen-bond acceptors (Lipinski definition) is 4. The van der Waals surface area contributed by atoms with Crippen LogP contribution in [0.15, 0.2) is 102 Å². The van der Waals surface area contributed by atoms with Crippen LogP contribution in [0.2, 0.25) is 5.02 Å². The van der Waals surface area contributed by atoms with Crippen LogP contribution in [0.1, 0.15) is 59.9 Å². The Kier molecular flexibility index (Phi) is 11.6. The molecule has 1 unspecified atom stereocenters. The lowest BCUT2D eigenvalue weighted by Crippen LogP contribution is -2.55. The number of rotatable bonds is 12. The Morgan fingerprint density at radius 3 is 2.15 bits per heavy atom. The zero-order chi connectivity index (χ0) is 34.3. The van der Waals surface area contributed by atoms with E-state index in [1.165, 1.54) is 9.21 Å². The Balaban J connectivity index is 1.59. The van der Waals surface area contributed by atoms with E-state index >= 15 is 0 Å². The van der Waals surface area contributed by atoms with Gasteiger partial charge in [0.25, 0.3) is 10.0 Å². The van der Waals surface area contributed by atoms with Gasteiger partial charge < -0.3 is 10.2 Å². The van der Waals surface area contributed by atoms with Crippen LogP contribution in [0, 0.1) is 20.8 Å². The standard InChI is InChI=1S/C39H44ClN3O4S/c1-28-18-21-34(22-19-28)48(46,47)43(36-23-20-29(2)24-30(36)3)27-38(44)42(26-32-14-10-11-17-35(32)40)37(25-31-12-6-4-7-13-31)39(45)41-33-15-8-5-9-16-33/h4,6-7,10-14,17-24,33,37H,5,8-9,15-16,25-27H2,1-3H3,(H,41,45). The van der Waals surface area contributed by atoms with E-state index in [1.807, 2.05) is 81.4 Å². The van der Waals surface area contributed by atoms with E-state index in [0.29, 0.717) is 21.8 Å². The van der Waals surface area contributed by atoms with E-state index in [9.17, 15) is 18.0 Å². The van der Waals surface area contributed by atoms with Crippen molar-refractivity contribution in [1.29, 1.82) is 0 Å². The first kappa shape index (κ1) is 35.2. The van der Waals surface area contributed by atoms with Crippen molar-refractivity contribution in [2.45, 2.75) is 82.8 Å². The molecule has 7 nitrogen and oxygen atoms in total. The van der Waals surface area contributed by atoms with Gasteiger partial charge in [0, 0.05) is 24.0 Å². The summed E-state index contributed by atoms with van der Waals surface area (Å²) < 4.78 is 29.9. The Morgan fingerprint density at radius 1 is 0.833 bits per heavy atom. The van der Waals surface area contributed by atoms with E-state index in [-0.39, 0.29) is 29.8 Å². The lowest BCUT2D eigenvalue weighted by molar-refractivity contribution is -0.140. The van der Waals surface area contributed by atoms with Crippen molar-refractivity contribution in [2.75, 3.05) is 10.8 Å². The molecule has 0 bridgehead atoms. The smallest absolute Gasteiger partial charge is 0.264 e. The van der Waals surface area contributed by atoms with Crippen LogP contribution in [0.5, 0.6) is 0 Å². The molecule has 9 heteroatoms. The number of carbonyl (C=O) groups is 2. The molecule has 1 atom stereocenters. The first-order valence-corrected chi connectivity index (χ1v) is 18.4. The van der Waals surface area contributed by atoms with Gasteiger partial charge in [-0.2, -0.15) is 0 Å². The molecule has 0 spiro atoms. The minimum absolute atomic E-state index is 0.0235. The summed E-state index contributed by atoms with van der Waals surface area (Å²) in [6.07, 6.45) is 5.25. The van der Waals surface area contributed by atoms with Crippen LogP contribution < -0.4 is 9.62 Å². The minimum Gasteiger partial charge on any atom is -0.352 e. The van der Waals surface area contributed by atoms with Crippen molar-refractivity contribution >= 4 is 39.1 Å². The molecule has 0 aromatic heterocycles. The maximum absolute atomic E-state index is 14.8. The monoisotopic (exact) mass is 685 g/mol. The van der Waals surface area contributed by atoms with Crippen molar-refractivity contribution < 1.29 is 18.0 Å². The molecule has 1 aliphatic rings. The minimum atomic E-state index is -4.18. The summed E-state index contributed by atoms with van der Waals surface area (Å²) in [5, 5.41) is 3.70. The van der Waals surface area contributed by atoms with Gasteiger partial charge in [0.05, 0.1) is 10.6 Å². The zero-order valence-electron chi connectivity index (χ0n) is 27.9. The van der Waals surface area contributed by atoms with E-state index in [1.54, 1.807) is 36.4 Å². The van der Waals surface area contributed by atoms with Gasteiger partial charge in [-0.05, 0) is 74.6 Å². The number of halogens is 1. The third-order valence-corrected chi connectivity index (χ3v) is 11.2. The molecule has 1 aliphatic carbocycles. The molecule has 252 valence electrons. The van der Waals surface area contributed by atoms with Gasteiger partial charge in [-0.1, -0.05) is 115 Å². The quantitative estimate of drug-likeness (QED) is 0.167. The van der Waals surface area contributed by atoms with Crippen LogP contribution in [0.3, 0.4) is 0 Å². The van der Waals surface area contributed by atoms with Gasteiger partial charge in [-0.25, -0.2) is 8.42 Å². The molecule has 0 radical (unpaired) electrons. The second kappa shape index (κ2) is 15.8. The van der Waals surface area contributed by atoms with Crippen molar-refractivity contribution in [3.05, 3.63) is 130 Å². The van der Waals surface area contributed by atoms with Crippen LogP contribution in [-0.4, -0.2) is 43.8 Å². The van der Waals surface area contributed by atoms with E-state index < -0.39 is 28.5 Å². The molecule has 1 saturated carbocycles. The maximum atomic E-state index is 14.8. The van der Waals surface area contributed by atoms with Crippen LogP contribution in [-0.2, 0) is 32.6 Å². The van der Waals surface area contributed by atoms with Crippen LogP contribution >= 0.6 is 11.6 Å². The fourth-order valence-electron chi connectivity index (χ4n) is 6.34. The average Bonchev–Trinajstić information content (AvgIpc) is 3.07. The fraction of sp³-hybridized carbons (Fsp3) is 0.333. The first-order valence-electron chi connectivity index (χ1n) is 16.6. The zero-order valence-corrected chi connectivity index (χ0v) is 29.4. The first-order chi connectivity index (χ1) is 23.0. The second-order valence-corrected chi connectivity index (χ2v) is 15.0. The molecule has 4 aromatic rings. The third-order valence-electron chi connectivity index (χ3n) is 9.03. The molecule has 0 saturated heterocycles. The molecule has 0 heterocycles. The molecular weight excluding hydrogens is 642 g/mol. The number of nitrogens with zero attached hydrogens (tertiary/aromatic N) is 2. The van der Waals surface area contributed by atoms with Gasteiger partial charge in [0.1, 0.15) is 12.6 Å². The summed E-state index contributed by atoms with van der Waals surface area (Å²) >= 11 is 6.63. The van der Waals surface area contributed by atoms with Gasteiger partial charge in [0.2, 0.25) is 11.8 Å². The highest BCUT2D eigenvalue weighted by Gasteiger charge is 2.36. The Hall–Kier alpha value is -4.14. The lowest BCUT2D eigenvalue weighted by atomic mass is 9.94. The summed E-state index contributed by atoms with van der Waals surface area (Å²) in [6.45, 7) is 5.18. The third kappa shape index (κ3) is 8.65. The number of hydrogen-bond donors (Lipinski definition) is 1. The van der Waals surface area contributed by atoms with Crippen molar-refractivity contribution in [2.24, 2.45) is 0 Å². The van der Waals surface area contributed by atoms with Crippen LogP contribution in [0.4, 0.5) is 5.69 Å². The Morgan fingerprint density at radius 2 is 1.48 bits per heavy atom. The molecule has 1 N–H and O–H groups in total. The summed E-state index contributed by atoms with van der Waals surface area (Å²) in [5.74, 6) is -0.768. The molecule has 1 fully saturated rings. The Labute approximate surface area is 290 Å². The molecule has 0 aliphatic heterocycles. The topological polar surface area (TPSA) is 86.8 Å². The summed E-state index contributed by atoms with van der Waals surface area (Å²) in [7, 11) is -4.18. The molecule has 5 rings (SSSR count). The predicted molar refractivity (Wildman–Crippen MR) is 193 cm³/mol. The normalized spacial score (nSPS) is 14.2. The number of sulfonamides is 1. The fourth-order valence-corrected chi connectivity index (χ4v) is 8.02. The number of benzene rings is 4. The maximum Gasteiger partial charge on any atom is 0.264 e. The number of amides is 2. The molecule has 4 aromatic carbocycles. The molecular formula is C39H44ClN3O4S. The number of aryl methyl sites for hydroxylation is 3. The van der Waals surface area contributed by atoms with Crippen molar-refractivity contribution in [3.63, 3.8) is 0 Å². The van der Waals surface area contributed by atoms with Gasteiger partial charge >= 0.3 is 0 Å². The lowest BCUT2D eigenvalue weighted by Gasteiger charge is -2.35. The van der Waals surface area contributed by atoms with Gasteiger partial charge in [-0.3, -0.25) is 13.9 Å². The van der Waals surface area contributed by atoms with E-state index in [2.05, 4.69) is 5.32 Å². The van der Waals surface area contributed by atoms with Crippen molar-refractivity contribution in [1.82, 2.24) is 10.2 Å². The highest BCUT2D eigenvalue weighted by atomic mass is 35.5. The van der Waals surface area contributed by atoms with Gasteiger partial charge in [0.15, 0.2) is 0 Å². The van der Waals surface area contributed by atoms with Gasteiger partial charge in [-0.15, -0.1) is 0 Å². The number of anilines is 1. The highest BCUT2D eigenvalue weighted by molar-refractivity contribution is 7.92. The van der Waals surface area contributed by atoms with Crippen LogP contribution in [0.25, 0.3) is 0 Å². The highest BCUT2D eigenvalue weighted by Crippen LogP contribution is 2.29. The van der Waals surface area contributed by atoms with E-state index in [0.717, 1.165) is 48.8 Å². The number of nitrogens with one attached hydrogen (secondary N) is 1. The summed E-state index contributed by atoms with van der Waals surface area (Å²) in [4.78, 5) is 30.6. The summed E-state index contributed by atoms with van der Waals surface area (Å²) in [5.41, 5.74) is 4.55. The van der Waals surface area contributed by atoms with E-state index in [4.69, 9.17) is 11.6 Å².